The van der Waals surface area contributed by atoms with Crippen LogP contribution in [0.3, 0.4) is 0 Å². The first-order chi connectivity index (χ1) is 8.78. The summed E-state index contributed by atoms with van der Waals surface area (Å²) in [7, 11) is 1.84. The van der Waals surface area contributed by atoms with Crippen LogP contribution in [0.4, 0.5) is 0 Å². The molecule has 3 aromatic rings. The van der Waals surface area contributed by atoms with Gasteiger partial charge in [-0.15, -0.1) is 14.8 Å². The molecular formula is C9H9N7OS. The summed E-state index contributed by atoms with van der Waals surface area (Å²) in [6.45, 7) is -0.0382. The first-order valence-corrected chi connectivity index (χ1v) is 5.94. The van der Waals surface area contributed by atoms with Crippen LogP contribution in [-0.2, 0) is 13.7 Å². The molecule has 0 aliphatic rings. The molecule has 0 spiro atoms. The van der Waals surface area contributed by atoms with Crippen molar-refractivity contribution in [2.24, 2.45) is 7.05 Å². The Balaban J connectivity index is 1.93. The Bertz CT molecular complexity index is 691. The van der Waals surface area contributed by atoms with Gasteiger partial charge in [-0.05, 0) is 34.3 Å². The van der Waals surface area contributed by atoms with Crippen molar-refractivity contribution in [3.8, 4) is 0 Å². The number of imidazole rings is 1. The summed E-state index contributed by atoms with van der Waals surface area (Å²) < 4.78 is 3.17. The molecule has 92 valence electrons. The van der Waals surface area contributed by atoms with Crippen molar-refractivity contribution in [3.05, 3.63) is 24.0 Å². The van der Waals surface area contributed by atoms with Crippen LogP contribution in [0.2, 0.25) is 0 Å². The third-order valence-electron chi connectivity index (χ3n) is 2.44. The smallest absolute Gasteiger partial charge is 0.200 e. The Morgan fingerprint density at radius 1 is 1.39 bits per heavy atom. The Labute approximate surface area is 106 Å². The van der Waals surface area contributed by atoms with Gasteiger partial charge in [-0.1, -0.05) is 0 Å². The van der Waals surface area contributed by atoms with Gasteiger partial charge in [0.2, 0.25) is 0 Å². The van der Waals surface area contributed by atoms with E-state index in [1.165, 1.54) is 16.4 Å². The Morgan fingerprint density at radius 2 is 2.28 bits per heavy atom. The van der Waals surface area contributed by atoms with E-state index in [1.807, 2.05) is 17.7 Å². The van der Waals surface area contributed by atoms with Gasteiger partial charge in [0.25, 0.3) is 0 Å². The molecule has 0 fully saturated rings. The molecule has 0 atom stereocenters. The lowest BCUT2D eigenvalue weighted by atomic mass is 10.5. The monoisotopic (exact) mass is 263 g/mol. The summed E-state index contributed by atoms with van der Waals surface area (Å²) in [6, 6.07) is 3.61. The van der Waals surface area contributed by atoms with Crippen molar-refractivity contribution in [3.63, 3.8) is 0 Å². The molecule has 0 saturated carbocycles. The van der Waals surface area contributed by atoms with Crippen LogP contribution in [0, 0.1) is 0 Å². The van der Waals surface area contributed by atoms with Crippen molar-refractivity contribution in [2.45, 2.75) is 16.8 Å². The second kappa shape index (κ2) is 4.35. The Morgan fingerprint density at radius 3 is 3.06 bits per heavy atom. The molecule has 0 amide bonds. The minimum Gasteiger partial charge on any atom is -0.390 e. The topological polar surface area (TPSA) is 94.0 Å². The fraction of sp³-hybridized carbons (Fsp3) is 0.222. The van der Waals surface area contributed by atoms with E-state index in [0.29, 0.717) is 5.65 Å². The van der Waals surface area contributed by atoms with E-state index in [9.17, 15) is 0 Å². The predicted molar refractivity (Wildman–Crippen MR) is 61.8 cm³/mol. The van der Waals surface area contributed by atoms with Gasteiger partial charge in [0, 0.05) is 7.05 Å². The number of tetrazole rings is 1. The van der Waals surface area contributed by atoms with Crippen LogP contribution in [0.25, 0.3) is 5.65 Å². The van der Waals surface area contributed by atoms with E-state index in [1.54, 1.807) is 12.3 Å². The quantitative estimate of drug-likeness (QED) is 0.705. The Kier molecular flexibility index (Phi) is 2.68. The van der Waals surface area contributed by atoms with Gasteiger partial charge in [-0.3, -0.25) is 0 Å². The maximum Gasteiger partial charge on any atom is 0.200 e. The van der Waals surface area contributed by atoms with Gasteiger partial charge in [-0.25, -0.2) is 4.98 Å². The fourth-order valence-corrected chi connectivity index (χ4v) is 2.25. The second-order valence-electron chi connectivity index (χ2n) is 3.55. The molecule has 18 heavy (non-hydrogen) atoms. The normalized spacial score (nSPS) is 11.2. The lowest BCUT2D eigenvalue weighted by Crippen LogP contribution is -1.99. The predicted octanol–water partition coefficient (Wildman–Crippen LogP) is -0.104. The number of hydrogen-bond acceptors (Lipinski definition) is 7. The van der Waals surface area contributed by atoms with Crippen LogP contribution < -0.4 is 0 Å². The molecule has 3 rings (SSSR count). The maximum absolute atomic E-state index is 9.10. The van der Waals surface area contributed by atoms with Gasteiger partial charge in [0.1, 0.15) is 5.03 Å². The van der Waals surface area contributed by atoms with Crippen LogP contribution >= 0.6 is 11.8 Å². The summed E-state index contributed by atoms with van der Waals surface area (Å²) in [6.07, 6.45) is 1.64. The van der Waals surface area contributed by atoms with Crippen molar-refractivity contribution in [1.29, 1.82) is 0 Å². The average Bonchev–Trinajstić information content (AvgIpc) is 2.97. The van der Waals surface area contributed by atoms with Crippen LogP contribution in [-0.4, -0.2) is 39.9 Å². The van der Waals surface area contributed by atoms with Gasteiger partial charge in [0.05, 0.1) is 18.5 Å². The summed E-state index contributed by atoms with van der Waals surface area (Å²) in [5.74, 6) is 0. The average molecular weight is 263 g/mol. The number of nitrogens with zero attached hydrogens (tertiary/aromatic N) is 7. The van der Waals surface area contributed by atoms with Gasteiger partial charge < -0.3 is 9.67 Å². The molecule has 8 nitrogen and oxygen atoms in total. The molecule has 0 aromatic carbocycles. The lowest BCUT2D eigenvalue weighted by Gasteiger charge is -2.02. The molecule has 0 aliphatic carbocycles. The number of hydrogen-bond donors (Lipinski definition) is 1. The molecular weight excluding hydrogens is 254 g/mol. The Hall–Kier alpha value is -2.00. The van der Waals surface area contributed by atoms with Crippen LogP contribution in [0.5, 0.6) is 0 Å². The van der Waals surface area contributed by atoms with Crippen LogP contribution in [0.15, 0.2) is 28.5 Å². The van der Waals surface area contributed by atoms with Gasteiger partial charge in [0.15, 0.2) is 10.8 Å². The SMILES string of the molecule is Cn1c(CO)cnc1Sc1ccc2nnnn2n1. The molecule has 0 saturated heterocycles. The summed E-state index contributed by atoms with van der Waals surface area (Å²) in [4.78, 5) is 4.21. The molecule has 1 N–H and O–H groups in total. The summed E-state index contributed by atoms with van der Waals surface area (Å²) in [5.41, 5.74) is 1.34. The highest BCUT2D eigenvalue weighted by Crippen LogP contribution is 2.24. The van der Waals surface area contributed by atoms with Crippen LogP contribution in [0.1, 0.15) is 5.69 Å². The zero-order chi connectivity index (χ0) is 12.5. The number of aliphatic hydroxyl groups excluding tert-OH is 1. The highest BCUT2D eigenvalue weighted by Gasteiger charge is 2.09. The minimum atomic E-state index is -0.0382. The van der Waals surface area contributed by atoms with E-state index in [0.717, 1.165) is 15.9 Å². The first-order valence-electron chi connectivity index (χ1n) is 5.12. The largest absolute Gasteiger partial charge is 0.390 e. The highest BCUT2D eigenvalue weighted by molar-refractivity contribution is 7.99. The molecule has 3 heterocycles. The van der Waals surface area contributed by atoms with E-state index in [4.69, 9.17) is 5.11 Å². The fourth-order valence-electron chi connectivity index (χ4n) is 1.45. The van der Waals surface area contributed by atoms with Gasteiger partial charge >= 0.3 is 0 Å². The van der Waals surface area contributed by atoms with Crippen molar-refractivity contribution >= 4 is 17.4 Å². The number of rotatable bonds is 3. The summed E-state index contributed by atoms with van der Waals surface area (Å²) in [5, 5.41) is 25.8. The molecule has 9 heteroatoms. The number of aliphatic hydroxyl groups is 1. The molecule has 0 aliphatic heterocycles. The highest BCUT2D eigenvalue weighted by atomic mass is 32.2. The van der Waals surface area contributed by atoms with E-state index < -0.39 is 0 Å². The van der Waals surface area contributed by atoms with E-state index in [2.05, 4.69) is 25.6 Å². The summed E-state index contributed by atoms with van der Waals surface area (Å²) >= 11 is 1.38. The third kappa shape index (κ3) is 1.83. The van der Waals surface area contributed by atoms with E-state index in [-0.39, 0.29) is 6.61 Å². The van der Waals surface area contributed by atoms with Crippen molar-refractivity contribution < 1.29 is 5.11 Å². The minimum absolute atomic E-state index is 0.0382. The van der Waals surface area contributed by atoms with Crippen molar-refractivity contribution in [2.75, 3.05) is 0 Å². The zero-order valence-electron chi connectivity index (χ0n) is 9.43. The van der Waals surface area contributed by atoms with Crippen molar-refractivity contribution in [1.82, 2.24) is 34.8 Å². The maximum atomic E-state index is 9.10. The molecule has 3 aromatic heterocycles. The lowest BCUT2D eigenvalue weighted by molar-refractivity contribution is 0.271. The van der Waals surface area contributed by atoms with Gasteiger partial charge in [-0.2, -0.15) is 0 Å². The standard InChI is InChI=1S/C9H9N7OS/c1-15-6(5-17)4-10-9(15)18-8-3-2-7-11-13-14-16(7)12-8/h2-4,17H,5H2,1H3. The first kappa shape index (κ1) is 11.1. The molecule has 0 unspecified atom stereocenters. The zero-order valence-corrected chi connectivity index (χ0v) is 10.2. The molecule has 0 bridgehead atoms. The second-order valence-corrected chi connectivity index (χ2v) is 4.54. The number of aromatic nitrogens is 7. The molecule has 0 radical (unpaired) electrons. The van der Waals surface area contributed by atoms with E-state index >= 15 is 0 Å². The third-order valence-corrected chi connectivity index (χ3v) is 3.43. The number of fused-ring (bicyclic) bond motifs is 1.